The SMILES string of the molecule is CC(C)NCC(=O)NCC(=O)N[C@H](Cc1ccccc1)C(=O)O. The smallest absolute Gasteiger partial charge is 0.326 e. The maximum Gasteiger partial charge on any atom is 0.326 e. The van der Waals surface area contributed by atoms with E-state index in [4.69, 9.17) is 0 Å². The fourth-order valence-electron chi connectivity index (χ4n) is 1.83. The van der Waals surface area contributed by atoms with Gasteiger partial charge < -0.3 is 21.1 Å². The molecule has 1 aromatic rings. The van der Waals surface area contributed by atoms with E-state index in [-0.39, 0.29) is 31.5 Å². The van der Waals surface area contributed by atoms with E-state index in [9.17, 15) is 19.5 Å². The van der Waals surface area contributed by atoms with Crippen molar-refractivity contribution in [1.82, 2.24) is 16.0 Å². The molecule has 0 fully saturated rings. The lowest BCUT2D eigenvalue weighted by atomic mass is 10.1. The summed E-state index contributed by atoms with van der Waals surface area (Å²) in [6, 6.07) is 8.16. The number of carbonyl (C=O) groups is 3. The first-order valence-corrected chi connectivity index (χ1v) is 7.44. The van der Waals surface area contributed by atoms with Gasteiger partial charge in [-0.25, -0.2) is 4.79 Å². The third kappa shape index (κ3) is 7.96. The van der Waals surface area contributed by atoms with Crippen LogP contribution in [-0.2, 0) is 20.8 Å². The molecular formula is C16H23N3O4. The van der Waals surface area contributed by atoms with Crippen molar-refractivity contribution in [3.63, 3.8) is 0 Å². The Bertz CT molecular complexity index is 531. The molecule has 0 heterocycles. The fraction of sp³-hybridized carbons (Fsp3) is 0.438. The number of rotatable bonds is 9. The van der Waals surface area contributed by atoms with Crippen molar-refractivity contribution < 1.29 is 19.5 Å². The van der Waals surface area contributed by atoms with E-state index >= 15 is 0 Å². The minimum absolute atomic E-state index is 0.108. The lowest BCUT2D eigenvalue weighted by molar-refractivity contribution is -0.141. The average Bonchev–Trinajstić information content (AvgIpc) is 2.51. The number of carboxylic acids is 1. The molecule has 7 nitrogen and oxygen atoms in total. The molecular weight excluding hydrogens is 298 g/mol. The number of hydrogen-bond donors (Lipinski definition) is 4. The molecule has 0 aliphatic heterocycles. The number of carbonyl (C=O) groups excluding carboxylic acids is 2. The van der Waals surface area contributed by atoms with Crippen LogP contribution in [0.1, 0.15) is 19.4 Å². The zero-order chi connectivity index (χ0) is 17.2. The summed E-state index contributed by atoms with van der Waals surface area (Å²) in [5.74, 6) is -1.97. The second-order valence-electron chi connectivity index (χ2n) is 5.46. The van der Waals surface area contributed by atoms with E-state index in [1.54, 1.807) is 24.3 Å². The van der Waals surface area contributed by atoms with Crippen LogP contribution in [0.15, 0.2) is 30.3 Å². The summed E-state index contributed by atoms with van der Waals surface area (Å²) in [6.07, 6.45) is 0.185. The van der Waals surface area contributed by atoms with Crippen molar-refractivity contribution in [3.8, 4) is 0 Å². The Morgan fingerprint density at radius 2 is 1.70 bits per heavy atom. The molecule has 0 aliphatic rings. The summed E-state index contributed by atoms with van der Waals surface area (Å²) < 4.78 is 0. The molecule has 0 spiro atoms. The Balaban J connectivity index is 2.42. The summed E-state index contributed by atoms with van der Waals surface area (Å²) in [5.41, 5.74) is 0.811. The lowest BCUT2D eigenvalue weighted by Crippen LogP contribution is -2.47. The summed E-state index contributed by atoms with van der Waals surface area (Å²) >= 11 is 0. The molecule has 2 amide bonds. The Kier molecular flexibility index (Phi) is 7.76. The van der Waals surface area contributed by atoms with Crippen molar-refractivity contribution in [1.29, 1.82) is 0 Å². The Morgan fingerprint density at radius 1 is 1.04 bits per heavy atom. The molecule has 0 bridgehead atoms. The van der Waals surface area contributed by atoms with E-state index < -0.39 is 17.9 Å². The van der Waals surface area contributed by atoms with Crippen LogP contribution in [0.2, 0.25) is 0 Å². The average molecular weight is 321 g/mol. The van der Waals surface area contributed by atoms with Gasteiger partial charge in [0.1, 0.15) is 6.04 Å². The van der Waals surface area contributed by atoms with Gasteiger partial charge >= 0.3 is 5.97 Å². The molecule has 126 valence electrons. The molecule has 1 atom stereocenters. The van der Waals surface area contributed by atoms with E-state index in [1.165, 1.54) is 0 Å². The second-order valence-corrected chi connectivity index (χ2v) is 5.46. The number of carboxylic acid groups (broad SMARTS) is 1. The molecule has 0 aliphatic carbocycles. The second kappa shape index (κ2) is 9.58. The monoisotopic (exact) mass is 321 g/mol. The van der Waals surface area contributed by atoms with Gasteiger partial charge in [0.05, 0.1) is 13.1 Å². The Morgan fingerprint density at radius 3 is 2.26 bits per heavy atom. The molecule has 1 aromatic carbocycles. The largest absolute Gasteiger partial charge is 0.480 e. The van der Waals surface area contributed by atoms with E-state index in [0.717, 1.165) is 5.56 Å². The molecule has 23 heavy (non-hydrogen) atoms. The van der Waals surface area contributed by atoms with Crippen LogP contribution in [0.3, 0.4) is 0 Å². The Hall–Kier alpha value is -2.41. The third-order valence-corrected chi connectivity index (χ3v) is 3.03. The Labute approximate surface area is 135 Å². The summed E-state index contributed by atoms with van der Waals surface area (Å²) in [7, 11) is 0. The van der Waals surface area contributed by atoms with Crippen LogP contribution in [0.25, 0.3) is 0 Å². The van der Waals surface area contributed by atoms with Crippen molar-refractivity contribution in [2.45, 2.75) is 32.4 Å². The van der Waals surface area contributed by atoms with Crippen molar-refractivity contribution in [2.75, 3.05) is 13.1 Å². The maximum atomic E-state index is 11.8. The molecule has 7 heteroatoms. The number of aliphatic carboxylic acids is 1. The fourth-order valence-corrected chi connectivity index (χ4v) is 1.83. The number of benzene rings is 1. The van der Waals surface area contributed by atoms with Crippen molar-refractivity contribution >= 4 is 17.8 Å². The summed E-state index contributed by atoms with van der Waals surface area (Å²) in [5, 5.41) is 17.0. The standard InChI is InChI=1S/C16H23N3O4/c1-11(2)17-9-14(20)18-10-15(21)19-13(16(22)23)8-12-6-4-3-5-7-12/h3-7,11,13,17H,8-10H2,1-2H3,(H,18,20)(H,19,21)(H,22,23)/t13-/m1/s1. The first-order valence-electron chi connectivity index (χ1n) is 7.44. The first-order chi connectivity index (χ1) is 10.9. The highest BCUT2D eigenvalue weighted by molar-refractivity contribution is 5.88. The van der Waals surface area contributed by atoms with E-state index in [2.05, 4.69) is 16.0 Å². The minimum Gasteiger partial charge on any atom is -0.480 e. The molecule has 1 rings (SSSR count). The predicted octanol–water partition coefficient (Wildman–Crippen LogP) is -0.0873. The highest BCUT2D eigenvalue weighted by Gasteiger charge is 2.20. The number of hydrogen-bond acceptors (Lipinski definition) is 4. The van der Waals surface area contributed by atoms with Crippen molar-refractivity contribution in [2.24, 2.45) is 0 Å². The van der Waals surface area contributed by atoms with Gasteiger partial charge in [-0.2, -0.15) is 0 Å². The molecule has 0 saturated heterocycles. The molecule has 0 unspecified atom stereocenters. The van der Waals surface area contributed by atoms with Crippen LogP contribution >= 0.6 is 0 Å². The first kappa shape index (κ1) is 18.6. The van der Waals surface area contributed by atoms with Crippen molar-refractivity contribution in [3.05, 3.63) is 35.9 Å². The van der Waals surface area contributed by atoms with Gasteiger partial charge in [0.25, 0.3) is 0 Å². The molecule has 4 N–H and O–H groups in total. The highest BCUT2D eigenvalue weighted by atomic mass is 16.4. The van der Waals surface area contributed by atoms with Crippen LogP contribution in [0, 0.1) is 0 Å². The van der Waals surface area contributed by atoms with Gasteiger partial charge in [0, 0.05) is 12.5 Å². The van der Waals surface area contributed by atoms with Gasteiger partial charge in [-0.05, 0) is 5.56 Å². The zero-order valence-corrected chi connectivity index (χ0v) is 13.3. The molecule has 0 radical (unpaired) electrons. The van der Waals surface area contributed by atoms with Gasteiger partial charge in [0.2, 0.25) is 11.8 Å². The van der Waals surface area contributed by atoms with Crippen LogP contribution < -0.4 is 16.0 Å². The van der Waals surface area contributed by atoms with Crippen LogP contribution in [-0.4, -0.2) is 48.1 Å². The zero-order valence-electron chi connectivity index (χ0n) is 13.3. The summed E-state index contributed by atoms with van der Waals surface area (Å²) in [6.45, 7) is 3.66. The number of nitrogens with one attached hydrogen (secondary N) is 3. The lowest BCUT2D eigenvalue weighted by Gasteiger charge is -2.15. The minimum atomic E-state index is -1.12. The van der Waals surface area contributed by atoms with Crippen LogP contribution in [0.5, 0.6) is 0 Å². The van der Waals surface area contributed by atoms with Gasteiger partial charge in [-0.1, -0.05) is 44.2 Å². The predicted molar refractivity (Wildman–Crippen MR) is 85.9 cm³/mol. The van der Waals surface area contributed by atoms with Gasteiger partial charge in [0.15, 0.2) is 0 Å². The van der Waals surface area contributed by atoms with E-state index in [1.807, 2.05) is 19.9 Å². The quantitative estimate of drug-likeness (QED) is 0.508. The molecule has 0 saturated carbocycles. The normalized spacial score (nSPS) is 11.8. The van der Waals surface area contributed by atoms with E-state index in [0.29, 0.717) is 0 Å². The maximum absolute atomic E-state index is 11.8. The van der Waals surface area contributed by atoms with Gasteiger partial charge in [-0.15, -0.1) is 0 Å². The topological polar surface area (TPSA) is 108 Å². The number of amides is 2. The molecule has 0 aromatic heterocycles. The van der Waals surface area contributed by atoms with Crippen LogP contribution in [0.4, 0.5) is 0 Å². The summed E-state index contributed by atoms with van der Waals surface area (Å²) in [4.78, 5) is 34.5. The van der Waals surface area contributed by atoms with Gasteiger partial charge in [-0.3, -0.25) is 9.59 Å². The highest BCUT2D eigenvalue weighted by Crippen LogP contribution is 2.03. The third-order valence-electron chi connectivity index (χ3n) is 3.03.